The van der Waals surface area contributed by atoms with E-state index in [1.54, 1.807) is 0 Å². The molecule has 1 aromatic carbocycles. The van der Waals surface area contributed by atoms with Crippen molar-refractivity contribution in [2.24, 2.45) is 0 Å². The Morgan fingerprint density at radius 1 is 1.40 bits per heavy atom. The molecule has 0 aliphatic heterocycles. The van der Waals surface area contributed by atoms with Gasteiger partial charge < -0.3 is 5.73 Å². The zero-order chi connectivity index (χ0) is 11.4. The molecule has 1 radical (unpaired) electrons. The lowest BCUT2D eigenvalue weighted by Gasteiger charge is -2.08. The van der Waals surface area contributed by atoms with Gasteiger partial charge in [0.1, 0.15) is 0 Å². The first kappa shape index (κ1) is 13.1. The maximum absolute atomic E-state index is 6.13. The second kappa shape index (κ2) is 5.94. The van der Waals surface area contributed by atoms with Crippen molar-refractivity contribution in [2.45, 2.75) is 33.1 Å². The number of anilines is 1. The Labute approximate surface area is 111 Å². The number of halogens is 2. The summed E-state index contributed by atoms with van der Waals surface area (Å²) in [6.07, 6.45) is 3.35. The van der Waals surface area contributed by atoms with Crippen molar-refractivity contribution >= 4 is 39.9 Å². The maximum atomic E-state index is 6.13. The molecule has 83 valence electrons. The zero-order valence-corrected chi connectivity index (χ0v) is 12.0. The topological polar surface area (TPSA) is 26.0 Å². The Morgan fingerprint density at radius 2 is 2.07 bits per heavy atom. The molecule has 0 aromatic heterocycles. The Kier molecular flexibility index (Phi) is 5.19. The second-order valence-corrected chi connectivity index (χ2v) is 5.60. The molecule has 15 heavy (non-hydrogen) atoms. The molecule has 2 N–H and O–H groups in total. The van der Waals surface area contributed by atoms with Crippen LogP contribution in [0.25, 0.3) is 0 Å². The molecule has 0 saturated heterocycles. The number of nitrogen functional groups attached to an aromatic ring is 1. The third-order valence-electron chi connectivity index (χ3n) is 2.29. The summed E-state index contributed by atoms with van der Waals surface area (Å²) >= 11 is 8.37. The van der Waals surface area contributed by atoms with Crippen molar-refractivity contribution < 1.29 is 0 Å². The maximum Gasteiger partial charge on any atom is 0.0464 e. The van der Waals surface area contributed by atoms with Gasteiger partial charge in [0.2, 0.25) is 0 Å². The number of hydrogen-bond acceptors (Lipinski definition) is 1. The molecular formula is C12H16ClIN. The van der Waals surface area contributed by atoms with Crippen LogP contribution in [0.4, 0.5) is 5.69 Å². The fourth-order valence-corrected chi connectivity index (χ4v) is 2.23. The van der Waals surface area contributed by atoms with Crippen molar-refractivity contribution in [1.82, 2.24) is 0 Å². The molecule has 0 fully saturated rings. The third-order valence-corrected chi connectivity index (χ3v) is 3.57. The first-order valence-corrected chi connectivity index (χ1v) is 6.49. The molecule has 1 rings (SSSR count). The van der Waals surface area contributed by atoms with E-state index >= 15 is 0 Å². The Balaban J connectivity index is 2.65. The summed E-state index contributed by atoms with van der Waals surface area (Å²) in [7, 11) is 0. The van der Waals surface area contributed by atoms with Crippen LogP contribution in [0.2, 0.25) is 5.02 Å². The first-order valence-electron chi connectivity index (χ1n) is 5.03. The largest absolute Gasteiger partial charge is 0.398 e. The lowest BCUT2D eigenvalue weighted by atomic mass is 10.0. The monoisotopic (exact) mass is 336 g/mol. The summed E-state index contributed by atoms with van der Waals surface area (Å²) < 4.78 is 1.09. The minimum absolute atomic E-state index is 0.766. The molecule has 3 heteroatoms. The molecule has 0 bridgehead atoms. The predicted octanol–water partition coefficient (Wildman–Crippen LogP) is 4.46. The predicted molar refractivity (Wildman–Crippen MR) is 76.1 cm³/mol. The van der Waals surface area contributed by atoms with E-state index in [4.69, 9.17) is 17.3 Å². The van der Waals surface area contributed by atoms with Gasteiger partial charge in [0, 0.05) is 14.3 Å². The van der Waals surface area contributed by atoms with Gasteiger partial charge in [0.25, 0.3) is 0 Å². The highest BCUT2D eigenvalue weighted by Gasteiger charge is 2.05. The molecule has 0 unspecified atom stereocenters. The Bertz CT molecular complexity index is 337. The van der Waals surface area contributed by atoms with Gasteiger partial charge in [0.15, 0.2) is 0 Å². The molecule has 0 heterocycles. The van der Waals surface area contributed by atoms with E-state index in [2.05, 4.69) is 42.5 Å². The Morgan fingerprint density at radius 3 is 2.67 bits per heavy atom. The smallest absolute Gasteiger partial charge is 0.0464 e. The number of rotatable bonds is 4. The second-order valence-electron chi connectivity index (χ2n) is 4.03. The van der Waals surface area contributed by atoms with Crippen molar-refractivity contribution in [1.29, 1.82) is 0 Å². The van der Waals surface area contributed by atoms with Gasteiger partial charge in [-0.05, 0) is 65.5 Å². The standard InChI is InChI=1S/C12H16ClIN/c1-8(2)4-3-5-9-6-11(14)12(15)7-10(9)13/h6-7H,3-5,15H2,1-2H3. The molecule has 0 saturated carbocycles. The van der Waals surface area contributed by atoms with E-state index in [0.29, 0.717) is 0 Å². The van der Waals surface area contributed by atoms with E-state index in [1.807, 2.05) is 6.07 Å². The summed E-state index contributed by atoms with van der Waals surface area (Å²) in [5, 5.41) is 0.793. The molecule has 1 nitrogen and oxygen atoms in total. The van der Waals surface area contributed by atoms with Gasteiger partial charge in [0.05, 0.1) is 0 Å². The van der Waals surface area contributed by atoms with Crippen molar-refractivity contribution in [3.05, 3.63) is 32.2 Å². The lowest BCUT2D eigenvalue weighted by molar-refractivity contribution is 0.746. The highest BCUT2D eigenvalue weighted by atomic mass is 127. The van der Waals surface area contributed by atoms with Crippen LogP contribution < -0.4 is 5.73 Å². The van der Waals surface area contributed by atoms with Gasteiger partial charge in [-0.2, -0.15) is 0 Å². The minimum atomic E-state index is 0.766. The van der Waals surface area contributed by atoms with Crippen LogP contribution >= 0.6 is 34.2 Å². The molecule has 0 amide bonds. The van der Waals surface area contributed by atoms with Crippen LogP contribution in [0.1, 0.15) is 32.3 Å². The van der Waals surface area contributed by atoms with E-state index in [1.165, 1.54) is 11.5 Å². The van der Waals surface area contributed by atoms with Crippen LogP contribution in [-0.2, 0) is 6.42 Å². The SMILES string of the molecule is C[C](C)CCCc1cc(I)c(N)cc1Cl. The van der Waals surface area contributed by atoms with E-state index in [-0.39, 0.29) is 0 Å². The third kappa shape index (κ3) is 4.19. The van der Waals surface area contributed by atoms with E-state index in [9.17, 15) is 0 Å². The van der Waals surface area contributed by atoms with Crippen LogP contribution in [-0.4, -0.2) is 0 Å². The number of benzene rings is 1. The molecular weight excluding hydrogens is 320 g/mol. The molecule has 1 aromatic rings. The highest BCUT2D eigenvalue weighted by molar-refractivity contribution is 14.1. The summed E-state index contributed by atoms with van der Waals surface area (Å²) in [5.74, 6) is 1.47. The molecule has 0 atom stereocenters. The summed E-state index contributed by atoms with van der Waals surface area (Å²) in [4.78, 5) is 0. The number of nitrogens with two attached hydrogens (primary N) is 1. The van der Waals surface area contributed by atoms with Crippen molar-refractivity contribution in [2.75, 3.05) is 5.73 Å². The summed E-state index contributed by atoms with van der Waals surface area (Å²) in [5.41, 5.74) is 7.74. The molecule has 0 aliphatic rings. The Hall–Kier alpha value is 0.0400. The average molecular weight is 337 g/mol. The van der Waals surface area contributed by atoms with Crippen LogP contribution in [0.15, 0.2) is 12.1 Å². The van der Waals surface area contributed by atoms with Gasteiger partial charge in [-0.1, -0.05) is 25.4 Å². The van der Waals surface area contributed by atoms with Gasteiger partial charge in [-0.3, -0.25) is 0 Å². The van der Waals surface area contributed by atoms with E-state index in [0.717, 1.165) is 33.5 Å². The van der Waals surface area contributed by atoms with Crippen molar-refractivity contribution in [3.63, 3.8) is 0 Å². The van der Waals surface area contributed by atoms with Gasteiger partial charge >= 0.3 is 0 Å². The normalized spacial score (nSPS) is 11.0. The molecule has 0 aliphatic carbocycles. The lowest BCUT2D eigenvalue weighted by Crippen LogP contribution is -1.95. The van der Waals surface area contributed by atoms with E-state index < -0.39 is 0 Å². The van der Waals surface area contributed by atoms with Gasteiger partial charge in [-0.15, -0.1) is 0 Å². The van der Waals surface area contributed by atoms with Crippen LogP contribution in [0.5, 0.6) is 0 Å². The van der Waals surface area contributed by atoms with Gasteiger partial charge in [-0.25, -0.2) is 0 Å². The average Bonchev–Trinajstić information content (AvgIpc) is 2.13. The quantitative estimate of drug-likeness (QED) is 0.637. The highest BCUT2D eigenvalue weighted by Crippen LogP contribution is 2.26. The van der Waals surface area contributed by atoms with Crippen LogP contribution in [0.3, 0.4) is 0 Å². The summed E-state index contributed by atoms with van der Waals surface area (Å²) in [6.45, 7) is 4.32. The fourth-order valence-electron chi connectivity index (χ4n) is 1.43. The summed E-state index contributed by atoms with van der Waals surface area (Å²) in [6, 6.07) is 3.93. The zero-order valence-electron chi connectivity index (χ0n) is 9.11. The number of hydrogen-bond donors (Lipinski definition) is 1. The fraction of sp³-hybridized carbons (Fsp3) is 0.417. The van der Waals surface area contributed by atoms with Crippen LogP contribution in [0, 0.1) is 9.49 Å². The molecule has 0 spiro atoms. The van der Waals surface area contributed by atoms with Crippen molar-refractivity contribution in [3.8, 4) is 0 Å². The number of aryl methyl sites for hydroxylation is 1. The first-order chi connectivity index (χ1) is 7.00. The minimum Gasteiger partial charge on any atom is -0.398 e.